The maximum Gasteiger partial charge on any atom is 0.123 e. The lowest BCUT2D eigenvalue weighted by Gasteiger charge is -2.49. The Balaban J connectivity index is 1.46. The summed E-state index contributed by atoms with van der Waals surface area (Å²) in [6, 6.07) is 13.2. The van der Waals surface area contributed by atoms with E-state index in [0.717, 1.165) is 42.6 Å². The number of aliphatic hydroxyl groups is 1. The summed E-state index contributed by atoms with van der Waals surface area (Å²) in [6.07, 6.45) is 7.08. The highest BCUT2D eigenvalue weighted by molar-refractivity contribution is 5.55. The van der Waals surface area contributed by atoms with Crippen LogP contribution in [-0.4, -0.2) is 18.3 Å². The fraction of sp³-hybridized carbons (Fsp3) is 0.462. The molecule has 3 heteroatoms. The van der Waals surface area contributed by atoms with Crippen molar-refractivity contribution in [3.8, 4) is 5.75 Å². The topological polar surface area (TPSA) is 29.5 Å². The molecule has 0 spiro atoms. The first-order valence-corrected chi connectivity index (χ1v) is 10.8. The van der Waals surface area contributed by atoms with Crippen LogP contribution in [0.25, 0.3) is 6.08 Å². The zero-order valence-corrected chi connectivity index (χ0v) is 17.2. The highest BCUT2D eigenvalue weighted by Crippen LogP contribution is 2.62. The summed E-state index contributed by atoms with van der Waals surface area (Å²) in [5, 5.41) is 11.3. The third kappa shape index (κ3) is 3.02. The van der Waals surface area contributed by atoms with Gasteiger partial charge in [-0.05, 0) is 96.4 Å². The number of halogens is 1. The minimum atomic E-state index is -0.407. The molecule has 2 aromatic carbocycles. The van der Waals surface area contributed by atoms with E-state index in [-0.39, 0.29) is 11.2 Å². The van der Waals surface area contributed by atoms with Gasteiger partial charge in [-0.15, -0.1) is 0 Å². The lowest BCUT2D eigenvalue weighted by Crippen LogP contribution is -2.44. The molecule has 5 rings (SSSR count). The largest absolute Gasteiger partial charge is 0.497 e. The van der Waals surface area contributed by atoms with E-state index in [1.54, 1.807) is 19.2 Å². The number of hydrogen-bond donors (Lipinski definition) is 1. The number of hydrogen-bond acceptors (Lipinski definition) is 2. The van der Waals surface area contributed by atoms with E-state index in [4.69, 9.17) is 4.74 Å². The molecular formula is C26H29FO2. The SMILES string of the molecule is COc1ccc2c(c1)CC[C@@H]1[C@@H]2CC[C@@]2(C)[C@@H]1C/C(=C\c1ccc(F)cc1)[C@@H]2O. The summed E-state index contributed by atoms with van der Waals surface area (Å²) in [5.74, 6) is 2.42. The van der Waals surface area contributed by atoms with Gasteiger partial charge in [0.2, 0.25) is 0 Å². The van der Waals surface area contributed by atoms with Crippen LogP contribution >= 0.6 is 0 Å². The smallest absolute Gasteiger partial charge is 0.123 e. The number of aliphatic hydroxyl groups excluding tert-OH is 1. The van der Waals surface area contributed by atoms with E-state index < -0.39 is 6.10 Å². The van der Waals surface area contributed by atoms with Gasteiger partial charge in [0, 0.05) is 5.41 Å². The molecule has 29 heavy (non-hydrogen) atoms. The minimum Gasteiger partial charge on any atom is -0.497 e. The van der Waals surface area contributed by atoms with Crippen LogP contribution in [0, 0.1) is 23.1 Å². The van der Waals surface area contributed by atoms with Crippen molar-refractivity contribution in [3.63, 3.8) is 0 Å². The maximum absolute atomic E-state index is 13.3. The third-order valence-corrected chi connectivity index (χ3v) is 8.02. The number of ether oxygens (including phenoxy) is 1. The number of benzene rings is 2. The highest BCUT2D eigenvalue weighted by Gasteiger charge is 2.56. The molecule has 0 radical (unpaired) electrons. The van der Waals surface area contributed by atoms with Gasteiger partial charge in [0.1, 0.15) is 11.6 Å². The molecule has 2 nitrogen and oxygen atoms in total. The molecule has 0 heterocycles. The molecule has 0 saturated heterocycles. The Kier molecular flexibility index (Phi) is 4.54. The van der Waals surface area contributed by atoms with E-state index in [1.165, 1.54) is 29.7 Å². The molecule has 0 aromatic heterocycles. The molecule has 0 unspecified atom stereocenters. The van der Waals surface area contributed by atoms with Gasteiger partial charge in [0.05, 0.1) is 13.2 Å². The van der Waals surface area contributed by atoms with Crippen LogP contribution in [-0.2, 0) is 6.42 Å². The van der Waals surface area contributed by atoms with Gasteiger partial charge in [-0.1, -0.05) is 31.2 Å². The van der Waals surface area contributed by atoms with Gasteiger partial charge < -0.3 is 9.84 Å². The van der Waals surface area contributed by atoms with Crippen LogP contribution in [0.3, 0.4) is 0 Å². The summed E-state index contributed by atoms with van der Waals surface area (Å²) in [7, 11) is 1.73. The molecule has 1 N–H and O–H groups in total. The highest BCUT2D eigenvalue weighted by atomic mass is 19.1. The van der Waals surface area contributed by atoms with Crippen molar-refractivity contribution in [2.45, 2.75) is 51.0 Å². The van der Waals surface area contributed by atoms with Crippen molar-refractivity contribution in [3.05, 3.63) is 70.5 Å². The summed E-state index contributed by atoms with van der Waals surface area (Å²) >= 11 is 0. The summed E-state index contributed by atoms with van der Waals surface area (Å²) < 4.78 is 18.7. The first-order valence-electron chi connectivity index (χ1n) is 10.8. The molecule has 5 atom stereocenters. The Morgan fingerprint density at radius 2 is 1.93 bits per heavy atom. The Bertz CT molecular complexity index is 948. The fourth-order valence-corrected chi connectivity index (χ4v) is 6.46. The van der Waals surface area contributed by atoms with E-state index >= 15 is 0 Å². The second-order valence-corrected chi connectivity index (χ2v) is 9.40. The monoisotopic (exact) mass is 392 g/mol. The van der Waals surface area contributed by atoms with Crippen LogP contribution in [0.15, 0.2) is 48.0 Å². The van der Waals surface area contributed by atoms with Crippen LogP contribution < -0.4 is 4.74 Å². The molecule has 152 valence electrons. The first kappa shape index (κ1) is 18.9. The quantitative estimate of drug-likeness (QED) is 0.706. The second-order valence-electron chi connectivity index (χ2n) is 9.40. The van der Waals surface area contributed by atoms with Gasteiger partial charge in [-0.2, -0.15) is 0 Å². The van der Waals surface area contributed by atoms with E-state index in [0.29, 0.717) is 17.8 Å². The third-order valence-electron chi connectivity index (χ3n) is 8.02. The molecule has 0 bridgehead atoms. The molecule has 3 aliphatic carbocycles. The summed E-state index contributed by atoms with van der Waals surface area (Å²) in [5.41, 5.74) is 4.96. The van der Waals surface area contributed by atoms with E-state index in [2.05, 4.69) is 31.2 Å². The molecule has 3 aliphatic rings. The number of fused-ring (bicyclic) bond motifs is 5. The zero-order valence-electron chi connectivity index (χ0n) is 17.2. The van der Waals surface area contributed by atoms with E-state index in [1.807, 2.05) is 0 Å². The van der Waals surface area contributed by atoms with Gasteiger partial charge in [-0.25, -0.2) is 4.39 Å². The summed E-state index contributed by atoms with van der Waals surface area (Å²) in [6.45, 7) is 2.29. The van der Waals surface area contributed by atoms with Gasteiger partial charge in [0.25, 0.3) is 0 Å². The Labute approximate surface area is 172 Å². The average molecular weight is 393 g/mol. The van der Waals surface area contributed by atoms with Crippen molar-refractivity contribution >= 4 is 6.08 Å². The molecule has 0 amide bonds. The molecule has 2 saturated carbocycles. The summed E-state index contributed by atoms with van der Waals surface area (Å²) in [4.78, 5) is 0. The number of methoxy groups -OCH3 is 1. The van der Waals surface area contributed by atoms with Gasteiger partial charge in [0.15, 0.2) is 0 Å². The zero-order chi connectivity index (χ0) is 20.2. The number of rotatable bonds is 2. The van der Waals surface area contributed by atoms with Gasteiger partial charge >= 0.3 is 0 Å². The standard InChI is InChI=1S/C26H29FO2/c1-26-12-11-22-21-10-8-20(29-2)14-17(21)5-9-23(22)24(26)15-18(25(26)28)13-16-3-6-19(27)7-4-16/h3-4,6-8,10,13-14,22-25,28H,5,9,11-12,15H2,1-2H3/b18-13+/t22-,23-,24-,25+,26+/m1/s1. The van der Waals surface area contributed by atoms with Crippen molar-refractivity contribution in [2.24, 2.45) is 17.3 Å². The first-order chi connectivity index (χ1) is 14.0. The molecule has 2 fully saturated rings. The predicted molar refractivity (Wildman–Crippen MR) is 113 cm³/mol. The predicted octanol–water partition coefficient (Wildman–Crippen LogP) is 5.74. The second kappa shape index (κ2) is 6.98. The Morgan fingerprint density at radius 3 is 2.69 bits per heavy atom. The van der Waals surface area contributed by atoms with Crippen molar-refractivity contribution in [2.75, 3.05) is 7.11 Å². The van der Waals surface area contributed by atoms with Crippen LogP contribution in [0.1, 0.15) is 55.2 Å². The van der Waals surface area contributed by atoms with Crippen molar-refractivity contribution in [1.82, 2.24) is 0 Å². The molecular weight excluding hydrogens is 363 g/mol. The Morgan fingerprint density at radius 1 is 1.14 bits per heavy atom. The fourth-order valence-electron chi connectivity index (χ4n) is 6.46. The van der Waals surface area contributed by atoms with E-state index in [9.17, 15) is 9.50 Å². The van der Waals surface area contributed by atoms with Crippen molar-refractivity contribution < 1.29 is 14.2 Å². The average Bonchev–Trinajstić information content (AvgIpc) is 2.99. The van der Waals surface area contributed by atoms with Crippen LogP contribution in [0.5, 0.6) is 5.75 Å². The molecule has 2 aromatic rings. The maximum atomic E-state index is 13.3. The number of aryl methyl sites for hydroxylation is 1. The normalized spacial score (nSPS) is 34.4. The van der Waals surface area contributed by atoms with Gasteiger partial charge in [-0.3, -0.25) is 0 Å². The lowest BCUT2D eigenvalue weighted by atomic mass is 9.55. The van der Waals surface area contributed by atoms with Crippen LogP contribution in [0.2, 0.25) is 0 Å². The molecule has 0 aliphatic heterocycles. The lowest BCUT2D eigenvalue weighted by molar-refractivity contribution is -0.0158. The van der Waals surface area contributed by atoms with Crippen LogP contribution in [0.4, 0.5) is 4.39 Å². The minimum absolute atomic E-state index is 0.0585. The van der Waals surface area contributed by atoms with Crippen molar-refractivity contribution in [1.29, 1.82) is 0 Å². The Hall–Kier alpha value is -2.13.